The molecule has 4 N–H and O–H groups in total. The molecule has 1 atom stereocenters. The lowest BCUT2D eigenvalue weighted by molar-refractivity contribution is -0.159. The molecule has 1 saturated heterocycles. The molecular formula is C12H17N3O3. The Kier molecular flexibility index (Phi) is 4.52. The maximum atomic E-state index is 10.6. The minimum Gasteiger partial charge on any atom is -0.351 e. The third-order valence-corrected chi connectivity index (χ3v) is 2.55. The van der Waals surface area contributed by atoms with Crippen molar-refractivity contribution in [2.24, 2.45) is 5.73 Å². The van der Waals surface area contributed by atoms with Gasteiger partial charge in [0.05, 0.1) is 13.2 Å². The lowest BCUT2D eigenvalue weighted by Gasteiger charge is -2.23. The van der Waals surface area contributed by atoms with Gasteiger partial charge in [0.2, 0.25) is 0 Å². The van der Waals surface area contributed by atoms with E-state index in [1.165, 1.54) is 0 Å². The average molecular weight is 251 g/mol. The average Bonchev–Trinajstić information content (AvgIpc) is 2.38. The Morgan fingerprint density at radius 1 is 1.50 bits per heavy atom. The van der Waals surface area contributed by atoms with Gasteiger partial charge in [-0.1, -0.05) is 12.1 Å². The molecule has 1 heterocycles. The summed E-state index contributed by atoms with van der Waals surface area (Å²) >= 11 is 0. The van der Waals surface area contributed by atoms with Crippen molar-refractivity contribution >= 4 is 11.7 Å². The highest BCUT2D eigenvalue weighted by Gasteiger charge is 2.13. The molecule has 2 rings (SSSR count). The van der Waals surface area contributed by atoms with Crippen molar-refractivity contribution in [3.63, 3.8) is 0 Å². The van der Waals surface area contributed by atoms with E-state index < -0.39 is 6.03 Å². The maximum absolute atomic E-state index is 10.6. The Hall–Kier alpha value is -1.63. The lowest BCUT2D eigenvalue weighted by Crippen LogP contribution is -2.39. The van der Waals surface area contributed by atoms with Crippen molar-refractivity contribution in [1.82, 2.24) is 5.32 Å². The van der Waals surface area contributed by atoms with Crippen LogP contribution in [0.25, 0.3) is 0 Å². The smallest absolute Gasteiger partial charge is 0.316 e. The molecule has 1 aliphatic heterocycles. The molecule has 1 aromatic rings. The number of benzene rings is 1. The number of ether oxygens (including phenoxy) is 2. The summed E-state index contributed by atoms with van der Waals surface area (Å²) in [6.07, 6.45) is -0.192. The molecule has 0 spiro atoms. The molecule has 0 saturated carbocycles. The van der Waals surface area contributed by atoms with Crippen LogP contribution < -0.4 is 16.4 Å². The number of amides is 2. The summed E-state index contributed by atoms with van der Waals surface area (Å²) in [6, 6.07) is 6.75. The summed E-state index contributed by atoms with van der Waals surface area (Å²) in [4.78, 5) is 10.6. The van der Waals surface area contributed by atoms with E-state index in [0.717, 1.165) is 12.1 Å². The monoisotopic (exact) mass is 251 g/mol. The first-order chi connectivity index (χ1) is 8.74. The zero-order chi connectivity index (χ0) is 12.8. The van der Waals surface area contributed by atoms with Crippen molar-refractivity contribution in [3.8, 4) is 0 Å². The van der Waals surface area contributed by atoms with Crippen LogP contribution in [0, 0.1) is 0 Å². The van der Waals surface area contributed by atoms with Crippen molar-refractivity contribution in [3.05, 3.63) is 29.8 Å². The fraction of sp³-hybridized carbons (Fsp3) is 0.417. The summed E-state index contributed by atoms with van der Waals surface area (Å²) < 4.78 is 11.0. The SMILES string of the molecule is NC(=O)Nc1ccc(COC2CNCCO2)cc1. The molecule has 1 aliphatic rings. The number of morpholine rings is 1. The van der Waals surface area contributed by atoms with E-state index in [0.29, 0.717) is 25.4 Å². The number of nitrogens with two attached hydrogens (primary N) is 1. The van der Waals surface area contributed by atoms with Crippen LogP contribution in [0.4, 0.5) is 10.5 Å². The second-order valence-corrected chi connectivity index (χ2v) is 4.00. The van der Waals surface area contributed by atoms with Crippen molar-refractivity contribution in [2.45, 2.75) is 12.9 Å². The number of rotatable bonds is 4. The van der Waals surface area contributed by atoms with Gasteiger partial charge in [-0.3, -0.25) is 0 Å². The first-order valence-corrected chi connectivity index (χ1v) is 5.83. The molecular weight excluding hydrogens is 234 g/mol. The van der Waals surface area contributed by atoms with Gasteiger partial charge in [-0.2, -0.15) is 0 Å². The van der Waals surface area contributed by atoms with Gasteiger partial charge in [-0.25, -0.2) is 4.79 Å². The van der Waals surface area contributed by atoms with Gasteiger partial charge >= 0.3 is 6.03 Å². The number of carbonyl (C=O) groups is 1. The van der Waals surface area contributed by atoms with Gasteiger partial charge in [0.1, 0.15) is 0 Å². The van der Waals surface area contributed by atoms with Gasteiger partial charge in [0.25, 0.3) is 0 Å². The van der Waals surface area contributed by atoms with Crippen molar-refractivity contribution < 1.29 is 14.3 Å². The Morgan fingerprint density at radius 2 is 2.28 bits per heavy atom. The van der Waals surface area contributed by atoms with Crippen LogP contribution in [0.3, 0.4) is 0 Å². The van der Waals surface area contributed by atoms with Gasteiger partial charge in [-0.05, 0) is 17.7 Å². The first kappa shape index (κ1) is 12.8. The molecule has 0 bridgehead atoms. The largest absolute Gasteiger partial charge is 0.351 e. The van der Waals surface area contributed by atoms with E-state index >= 15 is 0 Å². The summed E-state index contributed by atoms with van der Waals surface area (Å²) in [5, 5.41) is 5.69. The number of carbonyl (C=O) groups excluding carboxylic acids is 1. The van der Waals surface area contributed by atoms with Gasteiger partial charge in [0.15, 0.2) is 6.29 Å². The predicted octanol–water partition coefficient (Wildman–Crippen LogP) is 0.640. The molecule has 18 heavy (non-hydrogen) atoms. The van der Waals surface area contributed by atoms with E-state index in [1.807, 2.05) is 12.1 Å². The maximum Gasteiger partial charge on any atom is 0.316 e. The van der Waals surface area contributed by atoms with Crippen LogP contribution >= 0.6 is 0 Å². The van der Waals surface area contributed by atoms with E-state index in [4.69, 9.17) is 15.2 Å². The second kappa shape index (κ2) is 6.34. The zero-order valence-corrected chi connectivity index (χ0v) is 10.0. The quantitative estimate of drug-likeness (QED) is 0.733. The third kappa shape index (κ3) is 3.99. The van der Waals surface area contributed by atoms with E-state index in [1.54, 1.807) is 12.1 Å². The van der Waals surface area contributed by atoms with E-state index in [-0.39, 0.29) is 6.29 Å². The molecule has 6 heteroatoms. The Labute approximate surface area is 105 Å². The topological polar surface area (TPSA) is 85.6 Å². The van der Waals surface area contributed by atoms with Crippen LogP contribution in [0.2, 0.25) is 0 Å². The minimum atomic E-state index is -0.569. The molecule has 98 valence electrons. The molecule has 1 fully saturated rings. The third-order valence-electron chi connectivity index (χ3n) is 2.55. The van der Waals surface area contributed by atoms with Gasteiger partial charge in [0, 0.05) is 18.8 Å². The highest BCUT2D eigenvalue weighted by Crippen LogP contribution is 2.11. The number of hydrogen-bond acceptors (Lipinski definition) is 4. The predicted molar refractivity (Wildman–Crippen MR) is 67.0 cm³/mol. The van der Waals surface area contributed by atoms with Crippen LogP contribution in [0.1, 0.15) is 5.56 Å². The molecule has 0 aliphatic carbocycles. The summed E-state index contributed by atoms with van der Waals surface area (Å²) in [5.74, 6) is 0. The Balaban J connectivity index is 1.80. The van der Waals surface area contributed by atoms with Crippen molar-refractivity contribution in [2.75, 3.05) is 25.0 Å². The summed E-state index contributed by atoms with van der Waals surface area (Å²) in [6.45, 7) is 2.73. The van der Waals surface area contributed by atoms with Crippen LogP contribution in [-0.4, -0.2) is 32.0 Å². The van der Waals surface area contributed by atoms with Gasteiger partial charge < -0.3 is 25.8 Å². The fourth-order valence-corrected chi connectivity index (χ4v) is 1.66. The molecule has 1 aromatic carbocycles. The normalized spacial score (nSPS) is 19.4. The fourth-order valence-electron chi connectivity index (χ4n) is 1.66. The number of hydrogen-bond donors (Lipinski definition) is 3. The summed E-state index contributed by atoms with van der Waals surface area (Å²) in [5.41, 5.74) is 6.70. The highest BCUT2D eigenvalue weighted by molar-refractivity contribution is 5.87. The molecule has 2 amide bonds. The molecule has 6 nitrogen and oxygen atoms in total. The standard InChI is InChI=1S/C12H17N3O3/c13-12(16)15-10-3-1-9(2-4-10)8-18-11-7-14-5-6-17-11/h1-4,11,14H,5-8H2,(H3,13,15,16). The highest BCUT2D eigenvalue weighted by atomic mass is 16.7. The molecule has 0 aromatic heterocycles. The van der Waals surface area contributed by atoms with E-state index in [2.05, 4.69) is 10.6 Å². The lowest BCUT2D eigenvalue weighted by atomic mass is 10.2. The Bertz CT molecular complexity index is 388. The Morgan fingerprint density at radius 3 is 2.89 bits per heavy atom. The second-order valence-electron chi connectivity index (χ2n) is 4.00. The number of primary amides is 1. The minimum absolute atomic E-state index is 0.192. The molecule has 0 radical (unpaired) electrons. The van der Waals surface area contributed by atoms with Gasteiger partial charge in [-0.15, -0.1) is 0 Å². The van der Waals surface area contributed by atoms with Crippen LogP contribution in [0.15, 0.2) is 24.3 Å². The number of nitrogens with one attached hydrogen (secondary N) is 2. The van der Waals surface area contributed by atoms with Crippen LogP contribution in [0.5, 0.6) is 0 Å². The van der Waals surface area contributed by atoms with Crippen molar-refractivity contribution in [1.29, 1.82) is 0 Å². The molecule has 1 unspecified atom stereocenters. The van der Waals surface area contributed by atoms with E-state index in [9.17, 15) is 4.79 Å². The zero-order valence-electron chi connectivity index (χ0n) is 10.0. The number of urea groups is 1. The van der Waals surface area contributed by atoms with Crippen LogP contribution in [-0.2, 0) is 16.1 Å². The summed E-state index contributed by atoms with van der Waals surface area (Å²) in [7, 11) is 0. The number of anilines is 1. The first-order valence-electron chi connectivity index (χ1n) is 5.83.